The van der Waals surface area contributed by atoms with E-state index in [2.05, 4.69) is 15.2 Å². The molecule has 2 atom stereocenters. The predicted molar refractivity (Wildman–Crippen MR) is 140 cm³/mol. The van der Waals surface area contributed by atoms with Crippen molar-refractivity contribution in [3.8, 4) is 17.4 Å². The van der Waals surface area contributed by atoms with Gasteiger partial charge in [-0.3, -0.25) is 4.79 Å². The summed E-state index contributed by atoms with van der Waals surface area (Å²) in [6.45, 7) is 4.63. The second-order valence-electron chi connectivity index (χ2n) is 10.2. The lowest BCUT2D eigenvalue weighted by Crippen LogP contribution is -2.40. The zero-order valence-electron chi connectivity index (χ0n) is 21.6. The van der Waals surface area contributed by atoms with Crippen molar-refractivity contribution in [2.75, 3.05) is 27.4 Å². The molecule has 10 nitrogen and oxygen atoms in total. The summed E-state index contributed by atoms with van der Waals surface area (Å²) in [6, 6.07) is 7.90. The Morgan fingerprint density at radius 3 is 2.65 bits per heavy atom. The molecule has 0 spiro atoms. The number of pyridine rings is 2. The molecule has 1 saturated heterocycles. The largest absolute Gasteiger partial charge is 0.481 e. The van der Waals surface area contributed by atoms with E-state index in [0.717, 1.165) is 41.2 Å². The number of carbonyl (C=O) groups excluding carboxylic acids is 1. The predicted octanol–water partition coefficient (Wildman–Crippen LogP) is 3.07. The maximum atomic E-state index is 13.3. The summed E-state index contributed by atoms with van der Waals surface area (Å²) in [5.74, 6) is 1.96. The molecule has 2 fully saturated rings. The van der Waals surface area contributed by atoms with Crippen LogP contribution < -0.4 is 10.5 Å². The van der Waals surface area contributed by atoms with E-state index < -0.39 is 0 Å². The van der Waals surface area contributed by atoms with Crippen molar-refractivity contribution in [1.29, 1.82) is 0 Å². The average molecular weight is 504 g/mol. The maximum absolute atomic E-state index is 13.3. The number of imidazole rings is 1. The van der Waals surface area contributed by atoms with Gasteiger partial charge in [-0.25, -0.2) is 9.97 Å². The number of likely N-dealkylation sites (tertiary alicyclic amines) is 1. The molecule has 4 aromatic heterocycles. The molecular formula is C27H33N7O3. The van der Waals surface area contributed by atoms with Crippen LogP contribution in [-0.4, -0.2) is 74.3 Å². The Morgan fingerprint density at radius 2 is 1.95 bits per heavy atom. The van der Waals surface area contributed by atoms with Crippen molar-refractivity contribution >= 4 is 28.1 Å². The van der Waals surface area contributed by atoms with Gasteiger partial charge in [-0.1, -0.05) is 0 Å². The van der Waals surface area contributed by atoms with E-state index in [1.807, 2.05) is 30.0 Å². The van der Waals surface area contributed by atoms with E-state index in [9.17, 15) is 4.79 Å². The summed E-state index contributed by atoms with van der Waals surface area (Å²) >= 11 is 0. The van der Waals surface area contributed by atoms with E-state index in [0.29, 0.717) is 42.6 Å². The van der Waals surface area contributed by atoms with Crippen LogP contribution in [0.5, 0.6) is 5.88 Å². The number of aromatic nitrogens is 5. The Morgan fingerprint density at radius 1 is 1.11 bits per heavy atom. The fourth-order valence-electron chi connectivity index (χ4n) is 5.29. The number of amides is 1. The summed E-state index contributed by atoms with van der Waals surface area (Å²) in [7, 11) is 3.32. The fourth-order valence-corrected chi connectivity index (χ4v) is 5.29. The van der Waals surface area contributed by atoms with Crippen molar-refractivity contribution in [1.82, 2.24) is 29.0 Å². The molecule has 5 heterocycles. The smallest absolute Gasteiger partial charge is 0.255 e. The SMILES string of the molecule is COCCn1c(-c2cc3ccc(OC)nc3n2CC2CC2)nc2cc(C(=O)N3CC[C@@H](N)[C@H]3C)cnc21. The van der Waals surface area contributed by atoms with Gasteiger partial charge in [0.25, 0.3) is 5.91 Å². The molecule has 0 aromatic carbocycles. The molecule has 1 saturated carbocycles. The molecule has 2 aliphatic rings. The van der Waals surface area contributed by atoms with Gasteiger partial charge in [0, 0.05) is 56.5 Å². The number of carbonyl (C=O) groups is 1. The second kappa shape index (κ2) is 9.42. The highest BCUT2D eigenvalue weighted by atomic mass is 16.5. The van der Waals surface area contributed by atoms with E-state index in [1.54, 1.807) is 20.4 Å². The first kappa shape index (κ1) is 23.9. The molecule has 0 bridgehead atoms. The summed E-state index contributed by atoms with van der Waals surface area (Å²) in [4.78, 5) is 29.6. The van der Waals surface area contributed by atoms with Crippen LogP contribution in [0.15, 0.2) is 30.5 Å². The van der Waals surface area contributed by atoms with Crippen LogP contribution >= 0.6 is 0 Å². The Hall–Kier alpha value is -3.50. The molecular weight excluding hydrogens is 470 g/mol. The van der Waals surface area contributed by atoms with Crippen molar-refractivity contribution in [3.63, 3.8) is 0 Å². The average Bonchev–Trinajstić information content (AvgIpc) is 3.44. The van der Waals surface area contributed by atoms with Crippen molar-refractivity contribution in [2.45, 2.75) is 51.4 Å². The molecule has 194 valence electrons. The van der Waals surface area contributed by atoms with Gasteiger partial charge in [-0.05, 0) is 50.3 Å². The van der Waals surface area contributed by atoms with Gasteiger partial charge in [-0.15, -0.1) is 0 Å². The fraction of sp³-hybridized carbons (Fsp3) is 0.481. The number of rotatable bonds is 8. The minimum Gasteiger partial charge on any atom is -0.481 e. The van der Waals surface area contributed by atoms with Crippen LogP contribution in [0.3, 0.4) is 0 Å². The van der Waals surface area contributed by atoms with E-state index in [-0.39, 0.29) is 18.0 Å². The minimum atomic E-state index is -0.0537. The topological polar surface area (TPSA) is 113 Å². The molecule has 4 aromatic rings. The van der Waals surface area contributed by atoms with Crippen LogP contribution in [0, 0.1) is 5.92 Å². The number of methoxy groups -OCH3 is 2. The minimum absolute atomic E-state index is 0.000593. The van der Waals surface area contributed by atoms with Crippen molar-refractivity contribution < 1.29 is 14.3 Å². The van der Waals surface area contributed by atoms with Gasteiger partial charge < -0.3 is 29.2 Å². The Balaban J connectivity index is 1.47. The maximum Gasteiger partial charge on any atom is 0.255 e. The van der Waals surface area contributed by atoms with Gasteiger partial charge >= 0.3 is 0 Å². The molecule has 1 amide bonds. The third-order valence-corrected chi connectivity index (χ3v) is 7.72. The van der Waals surface area contributed by atoms with Gasteiger partial charge in [0.15, 0.2) is 11.5 Å². The Labute approximate surface area is 215 Å². The van der Waals surface area contributed by atoms with Crippen LogP contribution in [0.1, 0.15) is 36.5 Å². The third-order valence-electron chi connectivity index (χ3n) is 7.72. The number of fused-ring (bicyclic) bond motifs is 2. The Kier molecular flexibility index (Phi) is 6.08. The first-order chi connectivity index (χ1) is 18.0. The highest BCUT2D eigenvalue weighted by molar-refractivity contribution is 5.97. The van der Waals surface area contributed by atoms with Crippen molar-refractivity contribution in [3.05, 3.63) is 36.0 Å². The Bertz CT molecular complexity index is 1470. The number of nitrogens with two attached hydrogens (primary N) is 1. The van der Waals surface area contributed by atoms with Gasteiger partial charge in [0.2, 0.25) is 5.88 Å². The van der Waals surface area contributed by atoms with Crippen LogP contribution in [0.25, 0.3) is 33.7 Å². The number of hydrogen-bond acceptors (Lipinski definition) is 7. The van der Waals surface area contributed by atoms with E-state index in [1.165, 1.54) is 12.8 Å². The van der Waals surface area contributed by atoms with Crippen LogP contribution in [0.4, 0.5) is 0 Å². The molecule has 0 radical (unpaired) electrons. The lowest BCUT2D eigenvalue weighted by molar-refractivity contribution is 0.0742. The van der Waals surface area contributed by atoms with Crippen molar-refractivity contribution in [2.24, 2.45) is 11.7 Å². The monoisotopic (exact) mass is 503 g/mol. The molecule has 1 aliphatic heterocycles. The summed E-state index contributed by atoms with van der Waals surface area (Å²) in [5, 5.41) is 1.03. The second-order valence-corrected chi connectivity index (χ2v) is 10.2. The lowest BCUT2D eigenvalue weighted by atomic mass is 10.1. The van der Waals surface area contributed by atoms with E-state index in [4.69, 9.17) is 30.2 Å². The van der Waals surface area contributed by atoms with Gasteiger partial charge in [0.05, 0.1) is 25.0 Å². The number of ether oxygens (including phenoxy) is 2. The quantitative estimate of drug-likeness (QED) is 0.393. The van der Waals surface area contributed by atoms with Gasteiger partial charge in [-0.2, -0.15) is 4.98 Å². The summed E-state index contributed by atoms with van der Waals surface area (Å²) in [5.41, 5.74) is 9.96. The lowest BCUT2D eigenvalue weighted by Gasteiger charge is -2.23. The zero-order valence-corrected chi connectivity index (χ0v) is 21.6. The highest BCUT2D eigenvalue weighted by Gasteiger charge is 2.32. The first-order valence-corrected chi connectivity index (χ1v) is 12.9. The molecule has 6 rings (SSSR count). The standard InChI is InChI=1S/C27H33N7O3/c1-16-20(28)8-9-32(16)27(35)19-12-21-25(29-14-19)33(10-11-36-2)26(30-21)22-13-18-6-7-23(37-3)31-24(18)34(22)15-17-4-5-17/h6-7,12-14,16-17,20H,4-5,8-11,15,28H2,1-3H3/t16-,20-/m1/s1. The molecule has 1 aliphatic carbocycles. The van der Waals surface area contributed by atoms with Gasteiger partial charge in [0.1, 0.15) is 11.2 Å². The molecule has 10 heteroatoms. The summed E-state index contributed by atoms with van der Waals surface area (Å²) in [6.07, 6.45) is 4.90. The molecule has 37 heavy (non-hydrogen) atoms. The number of nitrogens with zero attached hydrogens (tertiary/aromatic N) is 6. The van der Waals surface area contributed by atoms with E-state index >= 15 is 0 Å². The molecule has 0 unspecified atom stereocenters. The summed E-state index contributed by atoms with van der Waals surface area (Å²) < 4.78 is 15.2. The van der Waals surface area contributed by atoms with Crippen LogP contribution in [-0.2, 0) is 17.8 Å². The zero-order chi connectivity index (χ0) is 25.7. The normalized spacial score (nSPS) is 19.8. The molecule has 2 N–H and O–H groups in total. The van der Waals surface area contributed by atoms with Crippen LogP contribution in [0.2, 0.25) is 0 Å². The third kappa shape index (κ3) is 4.23. The highest BCUT2D eigenvalue weighted by Crippen LogP contribution is 2.36. The first-order valence-electron chi connectivity index (χ1n) is 12.9. The number of hydrogen-bond donors (Lipinski definition) is 1.